The summed E-state index contributed by atoms with van der Waals surface area (Å²) in [5, 5.41) is 5.02. The summed E-state index contributed by atoms with van der Waals surface area (Å²) in [4.78, 5) is 18.0. The van der Waals surface area contributed by atoms with Crippen molar-refractivity contribution in [2.24, 2.45) is 0 Å². The van der Waals surface area contributed by atoms with E-state index in [1.54, 1.807) is 0 Å². The van der Waals surface area contributed by atoms with Gasteiger partial charge < -0.3 is 39.2 Å². The highest BCUT2D eigenvalue weighted by Crippen LogP contribution is 2.43. The van der Waals surface area contributed by atoms with Crippen LogP contribution in [0.5, 0.6) is 0 Å². The summed E-state index contributed by atoms with van der Waals surface area (Å²) in [6.45, 7) is 0. The van der Waals surface area contributed by atoms with E-state index in [0.717, 1.165) is 102 Å². The Kier molecular flexibility index (Phi) is 26.8. The van der Waals surface area contributed by atoms with Gasteiger partial charge in [-0.2, -0.15) is 0 Å². The lowest BCUT2D eigenvalue weighted by Gasteiger charge is -2.27. The molecule has 0 aliphatic carbocycles. The second-order valence-corrected chi connectivity index (χ2v) is 31.2. The third-order valence-corrected chi connectivity index (χ3v) is 23.0. The Morgan fingerprint density at radius 3 is 0.664 bits per heavy atom. The Bertz CT molecular complexity index is 6640. The third kappa shape index (κ3) is 20.1. The largest absolute Gasteiger partial charge is 0.345 e. The number of benzene rings is 20. The van der Waals surface area contributed by atoms with Gasteiger partial charge in [-0.15, -0.1) is 0 Å². The molecule has 0 aromatic heterocycles. The van der Waals surface area contributed by atoms with E-state index in [1.807, 2.05) is 42.5 Å². The first-order valence-electron chi connectivity index (χ1n) is 43.4. The number of nitrogens with zero attached hydrogens (tertiary/aromatic N) is 8. The van der Waals surface area contributed by atoms with Crippen molar-refractivity contribution < 1.29 is 0 Å². The minimum atomic E-state index is 1.13. The first kappa shape index (κ1) is 83.6. The smallest absolute Gasteiger partial charge is 0.0487 e. The summed E-state index contributed by atoms with van der Waals surface area (Å²) in [6, 6.07) is 187. The molecule has 0 bridgehead atoms. The van der Waals surface area contributed by atoms with Crippen molar-refractivity contribution in [3.05, 3.63) is 534 Å². The minimum absolute atomic E-state index is 1.13. The van der Waals surface area contributed by atoms with Crippen LogP contribution in [0.4, 0.5) is 114 Å². The zero-order valence-corrected chi connectivity index (χ0v) is 72.4. The average Bonchev–Trinajstić information content (AvgIpc) is 0.819. The van der Waals surface area contributed by atoms with Crippen LogP contribution in [-0.2, 0) is 0 Å². The molecule has 20 aromatic rings. The van der Waals surface area contributed by atoms with E-state index in [9.17, 15) is 0 Å². The maximum Gasteiger partial charge on any atom is 0.0487 e. The van der Waals surface area contributed by atoms with Gasteiger partial charge in [-0.05, 0) is 275 Å². The molecule has 620 valence electrons. The summed E-state index contributed by atoms with van der Waals surface area (Å²) in [7, 11) is 8.47. The van der Waals surface area contributed by atoms with Crippen LogP contribution < -0.4 is 39.2 Å². The van der Waals surface area contributed by atoms with Gasteiger partial charge in [-0.1, -0.05) is 297 Å². The summed E-state index contributed by atoms with van der Waals surface area (Å²) < 4.78 is 0. The van der Waals surface area contributed by atoms with Crippen molar-refractivity contribution in [3.8, 4) is 22.3 Å². The number of para-hydroxylation sites is 8. The summed E-state index contributed by atoms with van der Waals surface area (Å²) in [5.41, 5.74) is 27.8. The number of fused-ring (bicyclic) bond motifs is 2. The maximum absolute atomic E-state index is 2.28. The SMILES string of the molecule is CN(c1ccc(-c2ccccc2)cc1)c1ccc(N(c2ccccc2)c2ccccc2)cc1.CN(c1ccc(N(c2ccccc2)c2ccccc2)cc1)c1ccc2ccccc2c1.CN(c1ccc(N(c2ccccc2)c2ccccc2)cc1)c1cccc(-c2ccccc2)c1.CN(c1ccc(N(c2ccccc2)c2ccccc2)cc1)c1cccc2ccccc12. The van der Waals surface area contributed by atoms with Gasteiger partial charge in [-0.25, -0.2) is 0 Å². The maximum atomic E-state index is 2.28. The molecule has 0 saturated heterocycles. The summed E-state index contributed by atoms with van der Waals surface area (Å²) >= 11 is 0. The fraction of sp³-hybridized carbons (Fsp3) is 0.0333. The molecule has 8 nitrogen and oxygen atoms in total. The molecule has 0 fully saturated rings. The Balaban J connectivity index is 0.000000120. The molecule has 0 radical (unpaired) electrons. The molecule has 20 rings (SSSR count). The van der Waals surface area contributed by atoms with Crippen LogP contribution in [0.1, 0.15) is 0 Å². The standard InChI is InChI=1S/2C31H26N2.2C29H24N2/c1-32(31-19-11-14-26(24-31)25-12-5-2-6-13-25)27-20-22-30(23-21-27)33(28-15-7-3-8-16-28)29-17-9-4-10-18-29;1-32(27-19-17-26(18-20-27)25-11-5-2-6-12-25)28-21-23-31(24-22-28)33(29-13-7-3-8-14-29)30-15-9-4-10-16-30;1-30(29-18-10-12-23-11-8-9-17-28(23)29)24-19-21-27(22-20-24)31(25-13-4-2-5-14-25)26-15-6-3-7-16-26;1-30(29-17-16-23-10-8-9-11-24(23)22-29)25-18-20-28(21-19-25)31(26-12-4-2-5-13-26)27-14-6-3-7-15-27/h2*2-24H,1H3;2*2-22H,1H3. The Labute approximate surface area is 753 Å². The molecule has 0 N–H and O–H groups in total. The predicted molar refractivity (Wildman–Crippen MR) is 548 cm³/mol. The van der Waals surface area contributed by atoms with Crippen LogP contribution in [0, 0.1) is 0 Å². The molecule has 0 aliphatic heterocycles. The molecule has 0 atom stereocenters. The highest BCUT2D eigenvalue weighted by atomic mass is 15.2. The van der Waals surface area contributed by atoms with Crippen molar-refractivity contribution in [3.63, 3.8) is 0 Å². The summed E-state index contributed by atoms with van der Waals surface area (Å²) in [6.07, 6.45) is 0. The van der Waals surface area contributed by atoms with Crippen molar-refractivity contribution in [1.29, 1.82) is 0 Å². The topological polar surface area (TPSA) is 25.9 Å². The van der Waals surface area contributed by atoms with E-state index in [2.05, 4.69) is 559 Å². The molecule has 0 unspecified atom stereocenters. The molecule has 0 saturated carbocycles. The van der Waals surface area contributed by atoms with E-state index in [1.165, 1.54) is 55.2 Å². The zero-order chi connectivity index (χ0) is 87.0. The normalized spacial score (nSPS) is 10.7. The Hall–Kier alpha value is -16.7. The lowest BCUT2D eigenvalue weighted by Crippen LogP contribution is -2.12. The second kappa shape index (κ2) is 41.0. The van der Waals surface area contributed by atoms with Crippen molar-refractivity contribution >= 4 is 135 Å². The quantitative estimate of drug-likeness (QED) is 0.0662. The molecule has 0 amide bonds. The monoisotopic (exact) mass is 1650 g/mol. The van der Waals surface area contributed by atoms with Crippen LogP contribution in [0.25, 0.3) is 43.8 Å². The number of anilines is 20. The highest BCUT2D eigenvalue weighted by molar-refractivity contribution is 5.96. The minimum Gasteiger partial charge on any atom is -0.345 e. The second-order valence-electron chi connectivity index (χ2n) is 31.2. The first-order valence-corrected chi connectivity index (χ1v) is 43.4. The van der Waals surface area contributed by atoms with Crippen LogP contribution in [0.3, 0.4) is 0 Å². The van der Waals surface area contributed by atoms with E-state index < -0.39 is 0 Å². The van der Waals surface area contributed by atoms with Gasteiger partial charge in [0.1, 0.15) is 0 Å². The van der Waals surface area contributed by atoms with Crippen molar-refractivity contribution in [2.75, 3.05) is 67.4 Å². The third-order valence-electron chi connectivity index (χ3n) is 23.0. The van der Waals surface area contributed by atoms with Crippen LogP contribution in [0.2, 0.25) is 0 Å². The Morgan fingerprint density at radius 2 is 0.320 bits per heavy atom. The molecular formula is C120H100N8. The fourth-order valence-corrected chi connectivity index (χ4v) is 16.2. The lowest BCUT2D eigenvalue weighted by atomic mass is 10.0. The van der Waals surface area contributed by atoms with E-state index in [-0.39, 0.29) is 0 Å². The molecule has 8 heteroatoms. The summed E-state index contributed by atoms with van der Waals surface area (Å²) in [5.74, 6) is 0. The van der Waals surface area contributed by atoms with Crippen LogP contribution in [-0.4, -0.2) is 28.2 Å². The fourth-order valence-electron chi connectivity index (χ4n) is 16.2. The van der Waals surface area contributed by atoms with Gasteiger partial charge in [0.2, 0.25) is 0 Å². The Morgan fingerprint density at radius 1 is 0.117 bits per heavy atom. The molecule has 0 heterocycles. The highest BCUT2D eigenvalue weighted by Gasteiger charge is 2.20. The van der Waals surface area contributed by atoms with E-state index in [0.29, 0.717) is 0 Å². The van der Waals surface area contributed by atoms with Gasteiger partial charge in [0.05, 0.1) is 0 Å². The van der Waals surface area contributed by atoms with Gasteiger partial charge >= 0.3 is 0 Å². The number of rotatable bonds is 22. The van der Waals surface area contributed by atoms with Crippen molar-refractivity contribution in [1.82, 2.24) is 0 Å². The number of hydrogen-bond acceptors (Lipinski definition) is 8. The first-order chi connectivity index (χ1) is 63.2. The van der Waals surface area contributed by atoms with Gasteiger partial charge in [0.15, 0.2) is 0 Å². The van der Waals surface area contributed by atoms with Gasteiger partial charge in [0, 0.05) is 147 Å². The predicted octanol–water partition coefficient (Wildman–Crippen LogP) is 33.3. The zero-order valence-electron chi connectivity index (χ0n) is 72.4. The van der Waals surface area contributed by atoms with Gasteiger partial charge in [0.25, 0.3) is 0 Å². The van der Waals surface area contributed by atoms with Crippen LogP contribution in [0.15, 0.2) is 534 Å². The molecule has 0 spiro atoms. The molecule has 0 aliphatic rings. The van der Waals surface area contributed by atoms with E-state index >= 15 is 0 Å². The molecular weight excluding hydrogens is 1550 g/mol. The molecule has 128 heavy (non-hydrogen) atoms. The van der Waals surface area contributed by atoms with Gasteiger partial charge in [-0.3, -0.25) is 0 Å². The lowest BCUT2D eigenvalue weighted by molar-refractivity contribution is 1.20. The van der Waals surface area contributed by atoms with E-state index in [4.69, 9.17) is 0 Å². The molecule has 20 aromatic carbocycles. The number of hydrogen-bond donors (Lipinski definition) is 0. The van der Waals surface area contributed by atoms with Crippen molar-refractivity contribution in [2.45, 2.75) is 0 Å². The van der Waals surface area contributed by atoms with Crippen LogP contribution >= 0.6 is 0 Å². The average molecular weight is 1650 g/mol.